The molecule has 2 aromatic carbocycles. The summed E-state index contributed by atoms with van der Waals surface area (Å²) in [5.41, 5.74) is 2.57. The number of ketones is 1. The van der Waals surface area contributed by atoms with Gasteiger partial charge in [-0.05, 0) is 33.1 Å². The van der Waals surface area contributed by atoms with E-state index in [1.54, 1.807) is 24.4 Å². The van der Waals surface area contributed by atoms with Crippen LogP contribution in [0.2, 0.25) is 0 Å². The lowest BCUT2D eigenvalue weighted by atomic mass is 10.0. The fraction of sp³-hybridized carbons (Fsp3) is 0.0526. The maximum atomic E-state index is 12.4. The van der Waals surface area contributed by atoms with Gasteiger partial charge in [0.1, 0.15) is 0 Å². The molecule has 0 radical (unpaired) electrons. The lowest BCUT2D eigenvalue weighted by Crippen LogP contribution is -2.22. The molecule has 0 unspecified atom stereocenters. The molecule has 0 bridgehead atoms. The van der Waals surface area contributed by atoms with E-state index in [0.29, 0.717) is 5.56 Å². The van der Waals surface area contributed by atoms with Gasteiger partial charge < -0.3 is 4.57 Å². The number of rotatable bonds is 4. The number of halogens is 1. The van der Waals surface area contributed by atoms with Gasteiger partial charge >= 0.3 is 0 Å². The van der Waals surface area contributed by atoms with Crippen molar-refractivity contribution in [1.29, 1.82) is 0 Å². The van der Waals surface area contributed by atoms with Crippen molar-refractivity contribution < 1.29 is 4.79 Å². The van der Waals surface area contributed by atoms with Crippen molar-refractivity contribution in [2.75, 3.05) is 0 Å². The molecule has 0 N–H and O–H groups in total. The van der Waals surface area contributed by atoms with E-state index in [2.05, 4.69) is 15.9 Å². The van der Waals surface area contributed by atoms with E-state index in [0.717, 1.165) is 15.6 Å². The van der Waals surface area contributed by atoms with E-state index < -0.39 is 0 Å². The topological polar surface area (TPSA) is 39.1 Å². The lowest BCUT2D eigenvalue weighted by Gasteiger charge is -2.07. The van der Waals surface area contributed by atoms with Crippen molar-refractivity contribution in [2.24, 2.45) is 0 Å². The molecule has 0 amide bonds. The Kier molecular flexibility index (Phi) is 4.53. The Labute approximate surface area is 142 Å². The highest BCUT2D eigenvalue weighted by Gasteiger charge is 2.08. The van der Waals surface area contributed by atoms with Crippen molar-refractivity contribution in [3.63, 3.8) is 0 Å². The molecule has 0 saturated carbocycles. The predicted octanol–water partition coefficient (Wildman–Crippen LogP) is 4.16. The summed E-state index contributed by atoms with van der Waals surface area (Å²) in [6.45, 7) is 0.0307. The van der Waals surface area contributed by atoms with E-state index in [4.69, 9.17) is 0 Å². The van der Waals surface area contributed by atoms with Crippen LogP contribution in [0.3, 0.4) is 0 Å². The zero-order chi connectivity index (χ0) is 16.2. The van der Waals surface area contributed by atoms with Crippen LogP contribution in [0.5, 0.6) is 0 Å². The van der Waals surface area contributed by atoms with Crippen LogP contribution >= 0.6 is 15.9 Å². The number of hydrogen-bond donors (Lipinski definition) is 0. The Balaban J connectivity index is 1.81. The molecule has 0 atom stereocenters. The monoisotopic (exact) mass is 367 g/mol. The van der Waals surface area contributed by atoms with Gasteiger partial charge in [-0.2, -0.15) is 0 Å². The van der Waals surface area contributed by atoms with E-state index in [-0.39, 0.29) is 17.9 Å². The number of carbonyl (C=O) groups excluding carboxylic acids is 1. The molecular formula is C19H14BrNO2. The van der Waals surface area contributed by atoms with Crippen molar-refractivity contribution >= 4 is 21.7 Å². The summed E-state index contributed by atoms with van der Waals surface area (Å²) >= 11 is 3.31. The molecule has 114 valence electrons. The molecule has 0 spiro atoms. The molecule has 0 aliphatic heterocycles. The molecule has 1 aromatic heterocycles. The molecule has 0 fully saturated rings. The number of pyridine rings is 1. The van der Waals surface area contributed by atoms with Gasteiger partial charge in [0.2, 0.25) is 0 Å². The maximum absolute atomic E-state index is 12.4. The highest BCUT2D eigenvalue weighted by molar-refractivity contribution is 9.10. The largest absolute Gasteiger partial charge is 0.307 e. The van der Waals surface area contributed by atoms with Crippen molar-refractivity contribution in [3.05, 3.63) is 93.3 Å². The summed E-state index contributed by atoms with van der Waals surface area (Å²) in [6.07, 6.45) is 1.62. The van der Waals surface area contributed by atoms with Crippen LogP contribution in [0.25, 0.3) is 11.1 Å². The smallest absolute Gasteiger partial charge is 0.251 e. The van der Waals surface area contributed by atoms with Crippen molar-refractivity contribution in [3.8, 4) is 11.1 Å². The molecule has 0 aliphatic carbocycles. The summed E-state index contributed by atoms with van der Waals surface area (Å²) in [4.78, 5) is 24.1. The Hall–Kier alpha value is -2.46. The third-order valence-corrected chi connectivity index (χ3v) is 4.04. The number of carbonyl (C=O) groups is 1. The maximum Gasteiger partial charge on any atom is 0.251 e. The predicted molar refractivity (Wildman–Crippen MR) is 94.6 cm³/mol. The number of hydrogen-bond acceptors (Lipinski definition) is 2. The Bertz CT molecular complexity index is 883. The number of benzene rings is 2. The van der Waals surface area contributed by atoms with E-state index in [1.165, 1.54) is 10.6 Å². The molecule has 23 heavy (non-hydrogen) atoms. The average Bonchev–Trinajstić information content (AvgIpc) is 2.59. The quantitative estimate of drug-likeness (QED) is 0.649. The van der Waals surface area contributed by atoms with E-state index >= 15 is 0 Å². The van der Waals surface area contributed by atoms with Gasteiger partial charge in [-0.15, -0.1) is 0 Å². The summed E-state index contributed by atoms with van der Waals surface area (Å²) in [5.74, 6) is -0.0928. The summed E-state index contributed by atoms with van der Waals surface area (Å²) in [7, 11) is 0. The van der Waals surface area contributed by atoms with Gasteiger partial charge in [-0.25, -0.2) is 0 Å². The lowest BCUT2D eigenvalue weighted by molar-refractivity contribution is 0.0971. The summed E-state index contributed by atoms with van der Waals surface area (Å²) in [5, 5.41) is 0. The molecule has 3 aromatic rings. The summed E-state index contributed by atoms with van der Waals surface area (Å²) in [6, 6.07) is 20.5. The molecule has 1 heterocycles. The van der Waals surface area contributed by atoms with Gasteiger partial charge in [-0.3, -0.25) is 9.59 Å². The minimum atomic E-state index is -0.192. The van der Waals surface area contributed by atoms with Gasteiger partial charge in [0, 0.05) is 22.3 Å². The molecule has 4 heteroatoms. The fourth-order valence-corrected chi connectivity index (χ4v) is 2.73. The zero-order valence-corrected chi connectivity index (χ0v) is 13.9. The van der Waals surface area contributed by atoms with Crippen LogP contribution in [-0.2, 0) is 6.54 Å². The second-order valence-electron chi connectivity index (χ2n) is 5.18. The molecule has 3 rings (SSSR count). The Morgan fingerprint density at radius 3 is 2.22 bits per heavy atom. The molecular weight excluding hydrogens is 354 g/mol. The van der Waals surface area contributed by atoms with Crippen LogP contribution in [0, 0.1) is 0 Å². The van der Waals surface area contributed by atoms with Crippen LogP contribution in [0.15, 0.2) is 82.2 Å². The van der Waals surface area contributed by atoms with Crippen molar-refractivity contribution in [2.45, 2.75) is 6.54 Å². The van der Waals surface area contributed by atoms with Gasteiger partial charge in [0.25, 0.3) is 5.56 Å². The third-order valence-electron chi connectivity index (χ3n) is 3.58. The first-order valence-electron chi connectivity index (χ1n) is 7.18. The van der Waals surface area contributed by atoms with Gasteiger partial charge in [0.05, 0.1) is 6.54 Å². The number of aromatic nitrogens is 1. The third kappa shape index (κ3) is 3.66. The first-order valence-corrected chi connectivity index (χ1v) is 7.97. The van der Waals surface area contributed by atoms with E-state index in [1.807, 2.05) is 42.5 Å². The fourth-order valence-electron chi connectivity index (χ4n) is 2.35. The van der Waals surface area contributed by atoms with Crippen LogP contribution in [-0.4, -0.2) is 10.4 Å². The van der Waals surface area contributed by atoms with E-state index in [9.17, 15) is 9.59 Å². The second-order valence-corrected chi connectivity index (χ2v) is 6.10. The van der Waals surface area contributed by atoms with Gasteiger partial charge in [-0.1, -0.05) is 54.6 Å². The normalized spacial score (nSPS) is 10.5. The minimum absolute atomic E-state index is 0.0307. The Morgan fingerprint density at radius 1 is 0.870 bits per heavy atom. The second kappa shape index (κ2) is 6.75. The van der Waals surface area contributed by atoms with Crippen molar-refractivity contribution in [1.82, 2.24) is 4.57 Å². The van der Waals surface area contributed by atoms with Crippen LogP contribution in [0.4, 0.5) is 0 Å². The average molecular weight is 368 g/mol. The number of Topliss-reactive ketones (excluding diaryl/α,β-unsaturated/α-hetero) is 1. The van der Waals surface area contributed by atoms with Gasteiger partial charge in [0.15, 0.2) is 5.78 Å². The van der Waals surface area contributed by atoms with Crippen LogP contribution < -0.4 is 5.56 Å². The highest BCUT2D eigenvalue weighted by Crippen LogP contribution is 2.19. The zero-order valence-electron chi connectivity index (χ0n) is 12.3. The molecule has 3 nitrogen and oxygen atoms in total. The van der Waals surface area contributed by atoms with Crippen LogP contribution in [0.1, 0.15) is 10.4 Å². The highest BCUT2D eigenvalue weighted by atomic mass is 79.9. The molecule has 0 saturated heterocycles. The first kappa shape index (κ1) is 15.4. The minimum Gasteiger partial charge on any atom is -0.307 e. The first-order chi connectivity index (χ1) is 11.1. The summed E-state index contributed by atoms with van der Waals surface area (Å²) < 4.78 is 2.17. The molecule has 0 aliphatic rings. The Morgan fingerprint density at radius 2 is 1.52 bits per heavy atom. The SMILES string of the molecule is O=C(Cn1cc(Br)ccc1=O)c1ccc(-c2ccccc2)cc1. The standard InChI is InChI=1S/C19H14BrNO2/c20-17-10-11-19(23)21(12-17)13-18(22)16-8-6-15(7-9-16)14-4-2-1-3-5-14/h1-12H,13H2. The number of nitrogens with zero attached hydrogens (tertiary/aromatic N) is 1.